The fraction of sp³-hybridized carbons (Fsp3) is 0.304. The first-order valence-electron chi connectivity index (χ1n) is 10.4. The van der Waals surface area contributed by atoms with Crippen LogP contribution in [0.2, 0.25) is 0 Å². The van der Waals surface area contributed by atoms with Crippen molar-refractivity contribution in [2.45, 2.75) is 13.1 Å². The summed E-state index contributed by atoms with van der Waals surface area (Å²) in [5.41, 5.74) is 5.60. The van der Waals surface area contributed by atoms with E-state index in [1.165, 1.54) is 11.1 Å². The molecular formula is C23H26N6O. The Hall–Kier alpha value is -3.16. The third-order valence-electron chi connectivity index (χ3n) is 5.60. The van der Waals surface area contributed by atoms with Crippen LogP contribution < -0.4 is 10.6 Å². The lowest BCUT2D eigenvalue weighted by Crippen LogP contribution is -2.38. The average Bonchev–Trinajstić information content (AvgIpc) is 3.28. The number of hydrogen-bond donors (Lipinski definition) is 2. The van der Waals surface area contributed by atoms with E-state index in [9.17, 15) is 0 Å². The molecule has 154 valence electrons. The van der Waals surface area contributed by atoms with Gasteiger partial charge in [-0.15, -0.1) is 0 Å². The Kier molecular flexibility index (Phi) is 5.46. The molecule has 30 heavy (non-hydrogen) atoms. The summed E-state index contributed by atoms with van der Waals surface area (Å²) in [4.78, 5) is 7.17. The highest BCUT2D eigenvalue weighted by molar-refractivity contribution is 5.80. The van der Waals surface area contributed by atoms with Gasteiger partial charge in [-0.2, -0.15) is 5.10 Å². The van der Waals surface area contributed by atoms with Gasteiger partial charge in [0, 0.05) is 61.0 Å². The number of pyridine rings is 1. The summed E-state index contributed by atoms with van der Waals surface area (Å²) >= 11 is 0. The molecule has 1 fully saturated rings. The van der Waals surface area contributed by atoms with Crippen LogP contribution in [-0.4, -0.2) is 52.5 Å². The van der Waals surface area contributed by atoms with Crippen molar-refractivity contribution < 1.29 is 4.74 Å². The molecule has 1 saturated heterocycles. The SMILES string of the molecule is C1=Cc2c(-c3cnn(CCN4CCOCC4)c3)cnc(Nc3ccccc3)c2CN1. The highest BCUT2D eigenvalue weighted by atomic mass is 16.5. The number of nitrogens with one attached hydrogen (secondary N) is 2. The maximum absolute atomic E-state index is 5.43. The van der Waals surface area contributed by atoms with Gasteiger partial charge in [-0.1, -0.05) is 18.2 Å². The van der Waals surface area contributed by atoms with E-state index in [0.29, 0.717) is 0 Å². The number of morpholine rings is 1. The van der Waals surface area contributed by atoms with Crippen molar-refractivity contribution >= 4 is 17.6 Å². The van der Waals surface area contributed by atoms with Crippen molar-refractivity contribution in [3.8, 4) is 11.1 Å². The summed E-state index contributed by atoms with van der Waals surface area (Å²) in [6.45, 7) is 6.26. The molecule has 0 saturated carbocycles. The van der Waals surface area contributed by atoms with Gasteiger partial charge in [-0.3, -0.25) is 9.58 Å². The molecule has 0 spiro atoms. The minimum Gasteiger partial charge on any atom is -0.387 e. The minimum atomic E-state index is 0.743. The standard InChI is InChI=1S/C23H26N6O/c1-2-4-19(5-3-1)27-23-22-15-24-7-6-20(22)21(16-25-23)18-14-26-29(17-18)9-8-28-10-12-30-13-11-28/h1-7,14,16-17,24H,8-13,15H2,(H,25,27). The van der Waals surface area contributed by atoms with Crippen LogP contribution in [0, 0.1) is 0 Å². The van der Waals surface area contributed by atoms with Crippen LogP contribution in [0.3, 0.4) is 0 Å². The Bertz CT molecular complexity index is 1020. The number of fused-ring (bicyclic) bond motifs is 1. The maximum atomic E-state index is 5.43. The van der Waals surface area contributed by atoms with Gasteiger partial charge in [-0.05, 0) is 30.0 Å². The Morgan fingerprint density at radius 3 is 2.80 bits per heavy atom. The largest absolute Gasteiger partial charge is 0.387 e. The van der Waals surface area contributed by atoms with Gasteiger partial charge in [0.2, 0.25) is 0 Å². The third-order valence-corrected chi connectivity index (χ3v) is 5.60. The monoisotopic (exact) mass is 402 g/mol. The molecule has 7 nitrogen and oxygen atoms in total. The maximum Gasteiger partial charge on any atom is 0.135 e. The van der Waals surface area contributed by atoms with Crippen molar-refractivity contribution in [1.29, 1.82) is 0 Å². The van der Waals surface area contributed by atoms with Gasteiger partial charge >= 0.3 is 0 Å². The first kappa shape index (κ1) is 18.8. The quantitative estimate of drug-likeness (QED) is 0.661. The van der Waals surface area contributed by atoms with Crippen LogP contribution in [0.1, 0.15) is 11.1 Å². The number of ether oxygens (including phenoxy) is 1. The van der Waals surface area contributed by atoms with Gasteiger partial charge in [0.15, 0.2) is 0 Å². The van der Waals surface area contributed by atoms with Crippen LogP contribution in [-0.2, 0) is 17.8 Å². The molecule has 0 amide bonds. The fourth-order valence-corrected chi connectivity index (χ4v) is 3.93. The predicted octanol–water partition coefficient (Wildman–Crippen LogP) is 3.09. The molecule has 4 heterocycles. The first-order valence-corrected chi connectivity index (χ1v) is 10.4. The molecule has 0 aliphatic carbocycles. The number of nitrogens with zero attached hydrogens (tertiary/aromatic N) is 4. The smallest absolute Gasteiger partial charge is 0.135 e. The molecule has 7 heteroatoms. The number of para-hydroxylation sites is 1. The van der Waals surface area contributed by atoms with Gasteiger partial charge < -0.3 is 15.4 Å². The highest BCUT2D eigenvalue weighted by Gasteiger charge is 2.18. The van der Waals surface area contributed by atoms with Crippen molar-refractivity contribution in [2.75, 3.05) is 38.2 Å². The molecule has 1 aromatic carbocycles. The summed E-state index contributed by atoms with van der Waals surface area (Å²) < 4.78 is 7.45. The van der Waals surface area contributed by atoms with E-state index < -0.39 is 0 Å². The zero-order valence-electron chi connectivity index (χ0n) is 16.9. The summed E-state index contributed by atoms with van der Waals surface area (Å²) in [6, 6.07) is 10.1. The summed E-state index contributed by atoms with van der Waals surface area (Å²) in [5.74, 6) is 0.886. The van der Waals surface area contributed by atoms with E-state index in [4.69, 9.17) is 9.72 Å². The Labute approximate surface area is 176 Å². The molecular weight excluding hydrogens is 376 g/mol. The van der Waals surface area contributed by atoms with Crippen molar-refractivity contribution in [2.24, 2.45) is 0 Å². The summed E-state index contributed by atoms with van der Waals surface area (Å²) in [7, 11) is 0. The molecule has 0 unspecified atom stereocenters. The second kappa shape index (κ2) is 8.69. The van der Waals surface area contributed by atoms with Crippen LogP contribution in [0.25, 0.3) is 17.2 Å². The van der Waals surface area contributed by atoms with Gasteiger partial charge in [-0.25, -0.2) is 4.98 Å². The molecule has 5 rings (SSSR count). The van der Waals surface area contributed by atoms with Crippen LogP contribution in [0.5, 0.6) is 0 Å². The summed E-state index contributed by atoms with van der Waals surface area (Å²) in [6.07, 6.45) is 10.1. The number of aromatic nitrogens is 3. The topological polar surface area (TPSA) is 67.2 Å². The van der Waals surface area contributed by atoms with Gasteiger partial charge in [0.1, 0.15) is 5.82 Å². The van der Waals surface area contributed by atoms with E-state index in [0.717, 1.165) is 68.6 Å². The molecule has 0 atom stereocenters. The zero-order chi connectivity index (χ0) is 20.2. The molecule has 2 N–H and O–H groups in total. The average molecular weight is 403 g/mol. The number of rotatable bonds is 6. The predicted molar refractivity (Wildman–Crippen MR) is 118 cm³/mol. The van der Waals surface area contributed by atoms with Gasteiger partial charge in [0.25, 0.3) is 0 Å². The normalized spacial score (nSPS) is 16.1. The minimum absolute atomic E-state index is 0.743. The van der Waals surface area contributed by atoms with Crippen molar-refractivity contribution in [1.82, 2.24) is 25.0 Å². The van der Waals surface area contributed by atoms with Crippen molar-refractivity contribution in [3.63, 3.8) is 0 Å². The van der Waals surface area contributed by atoms with E-state index >= 15 is 0 Å². The van der Waals surface area contributed by atoms with E-state index in [-0.39, 0.29) is 0 Å². The third kappa shape index (κ3) is 4.08. The molecule has 2 aromatic heterocycles. The van der Waals surface area contributed by atoms with Crippen LogP contribution in [0.4, 0.5) is 11.5 Å². The van der Waals surface area contributed by atoms with E-state index in [1.807, 2.05) is 53.6 Å². The number of benzene rings is 1. The second-order valence-corrected chi connectivity index (χ2v) is 7.56. The number of anilines is 2. The summed E-state index contributed by atoms with van der Waals surface area (Å²) in [5, 5.41) is 11.4. The lowest BCUT2D eigenvalue weighted by molar-refractivity contribution is 0.0360. The van der Waals surface area contributed by atoms with Gasteiger partial charge in [0.05, 0.1) is 26.0 Å². The van der Waals surface area contributed by atoms with Crippen LogP contribution >= 0.6 is 0 Å². The molecule has 2 aliphatic rings. The first-order chi connectivity index (χ1) is 14.9. The van der Waals surface area contributed by atoms with E-state index in [1.54, 1.807) is 0 Å². The fourth-order valence-electron chi connectivity index (χ4n) is 3.93. The number of hydrogen-bond acceptors (Lipinski definition) is 6. The lowest BCUT2D eigenvalue weighted by Gasteiger charge is -2.26. The second-order valence-electron chi connectivity index (χ2n) is 7.56. The Balaban J connectivity index is 1.37. The molecule has 0 radical (unpaired) electrons. The van der Waals surface area contributed by atoms with E-state index in [2.05, 4.69) is 32.9 Å². The van der Waals surface area contributed by atoms with Crippen molar-refractivity contribution in [3.05, 3.63) is 66.2 Å². The lowest BCUT2D eigenvalue weighted by atomic mass is 9.97. The molecule has 2 aliphatic heterocycles. The molecule has 0 bridgehead atoms. The Morgan fingerprint density at radius 1 is 1.07 bits per heavy atom. The zero-order valence-corrected chi connectivity index (χ0v) is 16.9. The highest BCUT2D eigenvalue weighted by Crippen LogP contribution is 2.33. The molecule has 3 aromatic rings. The van der Waals surface area contributed by atoms with Crippen LogP contribution in [0.15, 0.2) is 55.1 Å². The Morgan fingerprint density at radius 2 is 1.93 bits per heavy atom.